The Kier molecular flexibility index (Phi) is 4.48. The van der Waals surface area contributed by atoms with Crippen molar-refractivity contribution in [3.05, 3.63) is 53.1 Å². The lowest BCUT2D eigenvalue weighted by Gasteiger charge is -2.13. The van der Waals surface area contributed by atoms with Gasteiger partial charge in [0.15, 0.2) is 0 Å². The van der Waals surface area contributed by atoms with Gasteiger partial charge in [0.1, 0.15) is 17.1 Å². The van der Waals surface area contributed by atoms with Gasteiger partial charge in [0.05, 0.1) is 14.2 Å². The van der Waals surface area contributed by atoms with Gasteiger partial charge in [-0.15, -0.1) is 0 Å². The highest BCUT2D eigenvalue weighted by molar-refractivity contribution is 6.30. The Morgan fingerprint density at radius 3 is 2.05 bits per heavy atom. The lowest BCUT2D eigenvalue weighted by molar-refractivity contribution is 0.102. The van der Waals surface area contributed by atoms with Crippen molar-refractivity contribution in [2.45, 2.75) is 0 Å². The molecule has 0 spiro atoms. The normalized spacial score (nSPS) is 9.95. The van der Waals surface area contributed by atoms with Crippen LogP contribution in [-0.4, -0.2) is 20.1 Å². The van der Waals surface area contributed by atoms with E-state index in [0.29, 0.717) is 27.8 Å². The standard InChI is InChI=1S/C15H14ClNO3/c1-19-12-4-3-5-13(20-2)14(12)15(18)17-11-8-6-10(16)7-9-11/h3-9H,1-2H3,(H,17,18). The van der Waals surface area contributed by atoms with Crippen molar-refractivity contribution in [2.75, 3.05) is 19.5 Å². The number of hydrogen-bond acceptors (Lipinski definition) is 3. The van der Waals surface area contributed by atoms with E-state index in [1.807, 2.05) is 0 Å². The minimum atomic E-state index is -0.304. The maximum atomic E-state index is 12.4. The maximum absolute atomic E-state index is 12.4. The van der Waals surface area contributed by atoms with Gasteiger partial charge in [-0.2, -0.15) is 0 Å². The van der Waals surface area contributed by atoms with E-state index in [0.717, 1.165) is 0 Å². The van der Waals surface area contributed by atoms with Crippen LogP contribution in [0.3, 0.4) is 0 Å². The topological polar surface area (TPSA) is 47.6 Å². The number of ether oxygens (including phenoxy) is 2. The Morgan fingerprint density at radius 1 is 1.00 bits per heavy atom. The number of halogens is 1. The highest BCUT2D eigenvalue weighted by Crippen LogP contribution is 2.29. The van der Waals surface area contributed by atoms with E-state index >= 15 is 0 Å². The smallest absolute Gasteiger partial charge is 0.263 e. The fourth-order valence-corrected chi connectivity index (χ4v) is 1.93. The van der Waals surface area contributed by atoms with Crippen molar-refractivity contribution in [2.24, 2.45) is 0 Å². The molecule has 2 aromatic carbocycles. The van der Waals surface area contributed by atoms with Crippen molar-refractivity contribution < 1.29 is 14.3 Å². The molecule has 0 heterocycles. The minimum absolute atomic E-state index is 0.304. The van der Waals surface area contributed by atoms with E-state index in [-0.39, 0.29) is 5.91 Å². The average Bonchev–Trinajstić information content (AvgIpc) is 2.48. The van der Waals surface area contributed by atoms with Gasteiger partial charge in [-0.3, -0.25) is 4.79 Å². The zero-order valence-electron chi connectivity index (χ0n) is 11.1. The third-order valence-corrected chi connectivity index (χ3v) is 3.01. The number of hydrogen-bond donors (Lipinski definition) is 1. The molecular formula is C15H14ClNO3. The Balaban J connectivity index is 2.31. The SMILES string of the molecule is COc1cccc(OC)c1C(=O)Nc1ccc(Cl)cc1. The van der Waals surface area contributed by atoms with E-state index in [4.69, 9.17) is 21.1 Å². The fraction of sp³-hybridized carbons (Fsp3) is 0.133. The van der Waals surface area contributed by atoms with Crippen LogP contribution < -0.4 is 14.8 Å². The first-order chi connectivity index (χ1) is 9.65. The van der Waals surface area contributed by atoms with Gasteiger partial charge in [0, 0.05) is 10.7 Å². The van der Waals surface area contributed by atoms with Gasteiger partial charge in [-0.05, 0) is 36.4 Å². The third-order valence-electron chi connectivity index (χ3n) is 2.76. The van der Waals surface area contributed by atoms with Crippen LogP contribution in [0.15, 0.2) is 42.5 Å². The molecule has 0 aliphatic rings. The summed E-state index contributed by atoms with van der Waals surface area (Å²) in [5.74, 6) is 0.605. The van der Waals surface area contributed by atoms with Crippen LogP contribution in [0.25, 0.3) is 0 Å². The molecular weight excluding hydrogens is 278 g/mol. The van der Waals surface area contributed by atoms with Crippen molar-refractivity contribution >= 4 is 23.2 Å². The number of methoxy groups -OCH3 is 2. The molecule has 2 rings (SSSR count). The molecule has 5 heteroatoms. The van der Waals surface area contributed by atoms with E-state index in [2.05, 4.69) is 5.32 Å². The number of rotatable bonds is 4. The molecule has 4 nitrogen and oxygen atoms in total. The molecule has 0 bridgehead atoms. The first kappa shape index (κ1) is 14.2. The summed E-state index contributed by atoms with van der Waals surface area (Å²) < 4.78 is 10.4. The molecule has 0 atom stereocenters. The van der Waals surface area contributed by atoms with Gasteiger partial charge in [0.25, 0.3) is 5.91 Å². The Hall–Kier alpha value is -2.20. The van der Waals surface area contributed by atoms with Crippen molar-refractivity contribution in [3.63, 3.8) is 0 Å². The molecule has 0 saturated carbocycles. The summed E-state index contributed by atoms with van der Waals surface area (Å²) in [4.78, 5) is 12.4. The summed E-state index contributed by atoms with van der Waals surface area (Å²) in [6.07, 6.45) is 0. The fourth-order valence-electron chi connectivity index (χ4n) is 1.80. The van der Waals surface area contributed by atoms with E-state index in [1.54, 1.807) is 42.5 Å². The quantitative estimate of drug-likeness (QED) is 0.936. The summed E-state index contributed by atoms with van der Waals surface area (Å²) in [5.41, 5.74) is 1.000. The Bertz CT molecular complexity index is 589. The van der Waals surface area contributed by atoms with Crippen LogP contribution in [0.4, 0.5) is 5.69 Å². The van der Waals surface area contributed by atoms with Gasteiger partial charge in [0.2, 0.25) is 0 Å². The summed E-state index contributed by atoms with van der Waals surface area (Å²) in [7, 11) is 3.02. The van der Waals surface area contributed by atoms with Crippen molar-refractivity contribution in [1.29, 1.82) is 0 Å². The summed E-state index contributed by atoms with van der Waals surface area (Å²) in [6.45, 7) is 0. The summed E-state index contributed by atoms with van der Waals surface area (Å²) in [6, 6.07) is 12.0. The molecule has 0 fully saturated rings. The molecule has 104 valence electrons. The number of benzene rings is 2. The van der Waals surface area contributed by atoms with Gasteiger partial charge >= 0.3 is 0 Å². The first-order valence-corrected chi connectivity index (χ1v) is 6.31. The molecule has 0 aliphatic heterocycles. The number of nitrogens with one attached hydrogen (secondary N) is 1. The number of anilines is 1. The third kappa shape index (κ3) is 3.03. The molecule has 0 unspecified atom stereocenters. The monoisotopic (exact) mass is 291 g/mol. The molecule has 0 aliphatic carbocycles. The van der Waals surface area contributed by atoms with Crippen LogP contribution >= 0.6 is 11.6 Å². The molecule has 1 N–H and O–H groups in total. The van der Waals surface area contributed by atoms with Crippen LogP contribution in [0.2, 0.25) is 5.02 Å². The number of amides is 1. The van der Waals surface area contributed by atoms with Crippen molar-refractivity contribution in [1.82, 2.24) is 0 Å². The predicted octanol–water partition coefficient (Wildman–Crippen LogP) is 3.61. The van der Waals surface area contributed by atoms with Crippen molar-refractivity contribution in [3.8, 4) is 11.5 Å². The molecule has 2 aromatic rings. The minimum Gasteiger partial charge on any atom is -0.496 e. The Labute approximate surface area is 122 Å². The zero-order valence-corrected chi connectivity index (χ0v) is 11.9. The van der Waals surface area contributed by atoms with Crippen LogP contribution in [0, 0.1) is 0 Å². The van der Waals surface area contributed by atoms with E-state index in [1.165, 1.54) is 14.2 Å². The summed E-state index contributed by atoms with van der Waals surface area (Å²) in [5, 5.41) is 3.39. The first-order valence-electron chi connectivity index (χ1n) is 5.93. The lowest BCUT2D eigenvalue weighted by atomic mass is 10.1. The lowest BCUT2D eigenvalue weighted by Crippen LogP contribution is -2.14. The van der Waals surface area contributed by atoms with Crippen LogP contribution in [0.1, 0.15) is 10.4 Å². The highest BCUT2D eigenvalue weighted by Gasteiger charge is 2.18. The van der Waals surface area contributed by atoms with Gasteiger partial charge in [-0.25, -0.2) is 0 Å². The molecule has 20 heavy (non-hydrogen) atoms. The zero-order chi connectivity index (χ0) is 14.5. The second-order valence-corrected chi connectivity index (χ2v) is 4.43. The largest absolute Gasteiger partial charge is 0.496 e. The molecule has 0 radical (unpaired) electrons. The molecule has 0 saturated heterocycles. The van der Waals surface area contributed by atoms with E-state index in [9.17, 15) is 4.79 Å². The second kappa shape index (κ2) is 6.30. The maximum Gasteiger partial charge on any atom is 0.263 e. The Morgan fingerprint density at radius 2 is 1.55 bits per heavy atom. The number of carbonyl (C=O) groups excluding carboxylic acids is 1. The van der Waals surface area contributed by atoms with E-state index < -0.39 is 0 Å². The molecule has 0 aromatic heterocycles. The van der Waals surface area contributed by atoms with Gasteiger partial charge < -0.3 is 14.8 Å². The van der Waals surface area contributed by atoms with Crippen LogP contribution in [-0.2, 0) is 0 Å². The highest BCUT2D eigenvalue weighted by atomic mass is 35.5. The predicted molar refractivity (Wildman–Crippen MR) is 79.0 cm³/mol. The van der Waals surface area contributed by atoms with Gasteiger partial charge in [-0.1, -0.05) is 17.7 Å². The second-order valence-electron chi connectivity index (χ2n) is 4.00. The average molecular weight is 292 g/mol. The summed E-state index contributed by atoms with van der Waals surface area (Å²) >= 11 is 5.81. The number of carbonyl (C=O) groups is 1. The van der Waals surface area contributed by atoms with Crippen LogP contribution in [0.5, 0.6) is 11.5 Å². The molecule has 1 amide bonds.